The second-order valence-electron chi connectivity index (χ2n) is 8.29. The summed E-state index contributed by atoms with van der Waals surface area (Å²) in [6.07, 6.45) is 5.53. The van der Waals surface area contributed by atoms with E-state index in [0.29, 0.717) is 16.7 Å². The first-order valence-electron chi connectivity index (χ1n) is 10.1. The van der Waals surface area contributed by atoms with Crippen molar-refractivity contribution in [2.24, 2.45) is 0 Å². The van der Waals surface area contributed by atoms with Crippen LogP contribution in [0.15, 0.2) is 64.2 Å². The van der Waals surface area contributed by atoms with Gasteiger partial charge >= 0.3 is 199 Å². The van der Waals surface area contributed by atoms with Crippen LogP contribution in [0.2, 0.25) is 13.1 Å². The van der Waals surface area contributed by atoms with Crippen LogP contribution in [-0.4, -0.2) is 58.6 Å². The van der Waals surface area contributed by atoms with E-state index in [1.54, 1.807) is 6.08 Å². The van der Waals surface area contributed by atoms with Crippen molar-refractivity contribution >= 4 is 81.3 Å². The first-order chi connectivity index (χ1) is 15.5. The molecule has 4 aromatic rings. The van der Waals surface area contributed by atoms with Crippen LogP contribution < -0.4 is 15.5 Å². The number of ketones is 2. The summed E-state index contributed by atoms with van der Waals surface area (Å²) < 4.78 is 2.17. The van der Waals surface area contributed by atoms with Crippen LogP contribution in [0.4, 0.5) is 15.9 Å². The van der Waals surface area contributed by atoms with Gasteiger partial charge in [-0.3, -0.25) is 0 Å². The van der Waals surface area contributed by atoms with Crippen LogP contribution in [0.3, 0.4) is 0 Å². The van der Waals surface area contributed by atoms with E-state index >= 15 is 0 Å². The van der Waals surface area contributed by atoms with E-state index < -0.39 is 8.07 Å². The van der Waals surface area contributed by atoms with Crippen molar-refractivity contribution in [1.82, 2.24) is 9.97 Å². The Hall–Kier alpha value is -2.60. The summed E-state index contributed by atoms with van der Waals surface area (Å²) in [6.45, 7) is 4.59. The van der Waals surface area contributed by atoms with Crippen molar-refractivity contribution in [2.75, 3.05) is 4.90 Å². The summed E-state index contributed by atoms with van der Waals surface area (Å²) in [6, 6.07) is 12.4. The fraction of sp³-hybridized carbons (Fsp3) is 0.0833. The molecule has 0 unspecified atom stereocenters. The first-order valence-corrected chi connectivity index (χ1v) is 16.8. The van der Waals surface area contributed by atoms with Crippen molar-refractivity contribution in [1.29, 1.82) is 0 Å². The summed E-state index contributed by atoms with van der Waals surface area (Å²) in [7, 11) is -2.02. The molecule has 156 valence electrons. The number of fused-ring (bicyclic) bond motifs is 3. The second kappa shape index (κ2) is 7.20. The maximum absolute atomic E-state index is 12.7. The van der Waals surface area contributed by atoms with Crippen molar-refractivity contribution < 1.29 is 9.59 Å². The quantitative estimate of drug-likeness (QED) is 0.213. The number of carbonyl (C=O) groups is 2. The van der Waals surface area contributed by atoms with E-state index in [4.69, 9.17) is 9.97 Å². The maximum atomic E-state index is 12.7. The van der Waals surface area contributed by atoms with E-state index in [1.165, 1.54) is 0 Å². The van der Waals surface area contributed by atoms with Gasteiger partial charge in [0, 0.05) is 0 Å². The van der Waals surface area contributed by atoms with E-state index in [1.807, 2.05) is 40.5 Å². The summed E-state index contributed by atoms with van der Waals surface area (Å²) >= 11 is 0.0717. The van der Waals surface area contributed by atoms with Gasteiger partial charge in [0.15, 0.2) is 0 Å². The van der Waals surface area contributed by atoms with Crippen LogP contribution in [0.5, 0.6) is 0 Å². The number of Topliss-reactive ketones (excluding diaryl/α,β-unsaturated/α-hetero) is 2. The fourth-order valence-electron chi connectivity index (χ4n) is 4.45. The minimum absolute atomic E-state index is 0.0543. The van der Waals surface area contributed by atoms with E-state index in [-0.39, 0.29) is 40.6 Å². The van der Waals surface area contributed by atoms with Gasteiger partial charge in [0.2, 0.25) is 0 Å². The zero-order valence-corrected chi connectivity index (χ0v) is 21.8. The molecule has 32 heavy (non-hydrogen) atoms. The molecule has 2 aliphatic rings. The Bertz CT molecular complexity index is 1390. The zero-order valence-electron chi connectivity index (χ0n) is 17.3. The number of pyridine rings is 2. The number of hydrogen-bond donors (Lipinski definition) is 0. The SMILES string of the molecule is C[Si]1(C)c2ncccc2N(c2ccc(C=C3C(=O)c4c[se]cc4C3=O)[se]2)c2cccnc21. The Morgan fingerprint density at radius 2 is 1.47 bits per heavy atom. The molecule has 0 aromatic carbocycles. The summed E-state index contributed by atoms with van der Waals surface area (Å²) in [5.74, 6) is -0.249. The molecular formula is C24H17N3O2Se2Si. The van der Waals surface area contributed by atoms with Crippen molar-refractivity contribution in [3.8, 4) is 0 Å². The molecule has 0 saturated heterocycles. The Balaban J connectivity index is 1.46. The van der Waals surface area contributed by atoms with Gasteiger partial charge in [-0.25, -0.2) is 0 Å². The second-order valence-corrected chi connectivity index (χ2v) is 16.3. The van der Waals surface area contributed by atoms with Crippen molar-refractivity contribution in [3.63, 3.8) is 0 Å². The van der Waals surface area contributed by atoms with Gasteiger partial charge in [0.05, 0.1) is 0 Å². The van der Waals surface area contributed by atoms with Gasteiger partial charge in [-0.1, -0.05) is 0 Å². The van der Waals surface area contributed by atoms with Crippen LogP contribution >= 0.6 is 0 Å². The summed E-state index contributed by atoms with van der Waals surface area (Å²) in [5.41, 5.74) is 3.73. The predicted octanol–water partition coefficient (Wildman–Crippen LogP) is 2.66. The molecule has 0 atom stereocenters. The van der Waals surface area contributed by atoms with Gasteiger partial charge < -0.3 is 0 Å². The Labute approximate surface area is 198 Å². The van der Waals surface area contributed by atoms with E-state index in [9.17, 15) is 9.59 Å². The molecule has 0 bridgehead atoms. The Morgan fingerprint density at radius 1 is 0.875 bits per heavy atom. The number of nitrogens with zero attached hydrogens (tertiary/aromatic N) is 3. The van der Waals surface area contributed by atoms with Crippen molar-refractivity contribution in [2.45, 2.75) is 13.1 Å². The normalized spacial score (nSPS) is 16.1. The third-order valence-corrected chi connectivity index (χ3v) is 12.8. The Kier molecular flexibility index (Phi) is 4.51. The molecule has 1 aliphatic heterocycles. The minimum atomic E-state index is -2.02. The number of rotatable bonds is 2. The number of aromatic nitrogens is 2. The molecular weight excluding hydrogens is 548 g/mol. The standard InChI is InChI=1S/C24H17N3O2Se2Si/c1-32(2)23-18(5-3-9-25-23)27(19-6-4-10-26-24(19)32)20-8-7-14(31-20)11-15-21(28)16-12-30-13-17(16)22(15)29/h3-13H,1-2H3. The van der Waals surface area contributed by atoms with Crippen LogP contribution in [-0.2, 0) is 0 Å². The van der Waals surface area contributed by atoms with Gasteiger partial charge in [0.1, 0.15) is 0 Å². The molecule has 0 fully saturated rings. The number of hydrogen-bond acceptors (Lipinski definition) is 5. The third kappa shape index (κ3) is 2.81. The topological polar surface area (TPSA) is 63.2 Å². The molecule has 0 radical (unpaired) electrons. The van der Waals surface area contributed by atoms with Crippen LogP contribution in [0.25, 0.3) is 6.08 Å². The average molecular weight is 565 g/mol. The molecule has 6 rings (SSSR count). The molecule has 1 aliphatic carbocycles. The summed E-state index contributed by atoms with van der Waals surface area (Å²) in [4.78, 5) is 41.1. The zero-order chi connectivity index (χ0) is 22.0. The average Bonchev–Trinajstić information content (AvgIpc) is 3.51. The molecule has 0 amide bonds. The van der Waals surface area contributed by atoms with Crippen LogP contribution in [0, 0.1) is 0 Å². The molecule has 0 spiro atoms. The molecule has 5 heterocycles. The summed E-state index contributed by atoms with van der Waals surface area (Å²) in [5, 5.41) is 2.26. The van der Waals surface area contributed by atoms with E-state index in [0.717, 1.165) is 31.0 Å². The molecule has 5 nitrogen and oxygen atoms in total. The van der Waals surface area contributed by atoms with Gasteiger partial charge in [0.25, 0.3) is 0 Å². The number of carbonyl (C=O) groups excluding carboxylic acids is 2. The number of allylic oxidation sites excluding steroid dienone is 1. The van der Waals surface area contributed by atoms with Crippen molar-refractivity contribution in [3.05, 3.63) is 79.8 Å². The molecule has 0 N–H and O–H groups in total. The van der Waals surface area contributed by atoms with Gasteiger partial charge in [-0.2, -0.15) is 0 Å². The van der Waals surface area contributed by atoms with Crippen LogP contribution in [0.1, 0.15) is 25.2 Å². The monoisotopic (exact) mass is 567 g/mol. The van der Waals surface area contributed by atoms with Gasteiger partial charge in [-0.05, 0) is 0 Å². The van der Waals surface area contributed by atoms with Gasteiger partial charge in [-0.15, -0.1) is 0 Å². The number of anilines is 3. The Morgan fingerprint density at radius 3 is 2.06 bits per heavy atom. The third-order valence-electron chi connectivity index (χ3n) is 6.00. The molecule has 8 heteroatoms. The predicted molar refractivity (Wildman–Crippen MR) is 130 cm³/mol. The fourth-order valence-corrected chi connectivity index (χ4v) is 10.9. The molecule has 4 aromatic heterocycles. The first kappa shape index (κ1) is 20.0. The van der Waals surface area contributed by atoms with E-state index in [2.05, 4.69) is 36.2 Å². The molecule has 0 saturated carbocycles.